The Morgan fingerprint density at radius 3 is 1.67 bits per heavy atom. The summed E-state index contributed by atoms with van der Waals surface area (Å²) in [6, 6.07) is 0. The first-order chi connectivity index (χ1) is 9.75. The molecule has 0 aromatic carbocycles. The van der Waals surface area contributed by atoms with Crippen molar-refractivity contribution in [1.82, 2.24) is 0 Å². The molecule has 0 N–H and O–H groups in total. The molecule has 0 aromatic heterocycles. The summed E-state index contributed by atoms with van der Waals surface area (Å²) in [6.07, 6.45) is 11.1. The number of rotatable bonds is 12. The van der Waals surface area contributed by atoms with Crippen LogP contribution in [0.5, 0.6) is 0 Å². The first kappa shape index (κ1) is 21.0. The predicted molar refractivity (Wildman–Crippen MR) is 98.7 cm³/mol. The van der Waals surface area contributed by atoms with Crippen molar-refractivity contribution in [2.45, 2.75) is 107 Å². The summed E-state index contributed by atoms with van der Waals surface area (Å²) in [4.78, 5) is 0. The van der Waals surface area contributed by atoms with Gasteiger partial charge in [0, 0.05) is 0 Å². The minimum atomic E-state index is 0.534. The highest BCUT2D eigenvalue weighted by Crippen LogP contribution is 2.34. The lowest BCUT2D eigenvalue weighted by Gasteiger charge is -2.29. The maximum atomic E-state index is 2.49. The van der Waals surface area contributed by atoms with E-state index in [0.29, 0.717) is 5.41 Å². The van der Waals surface area contributed by atoms with E-state index in [0.717, 1.165) is 23.7 Å². The Morgan fingerprint density at radius 2 is 1.24 bits per heavy atom. The van der Waals surface area contributed by atoms with Crippen LogP contribution in [0.4, 0.5) is 0 Å². The molecule has 21 heavy (non-hydrogen) atoms. The monoisotopic (exact) mass is 296 g/mol. The highest BCUT2D eigenvalue weighted by molar-refractivity contribution is 4.73. The molecule has 0 aromatic rings. The Hall–Kier alpha value is 0. The molecule has 0 spiro atoms. The van der Waals surface area contributed by atoms with E-state index in [4.69, 9.17) is 0 Å². The average Bonchev–Trinajstić information content (AvgIpc) is 2.47. The van der Waals surface area contributed by atoms with Crippen LogP contribution in [-0.4, -0.2) is 0 Å². The second-order valence-corrected chi connectivity index (χ2v) is 8.62. The van der Waals surface area contributed by atoms with E-state index in [1.165, 1.54) is 51.4 Å². The fraction of sp³-hybridized carbons (Fsp3) is 1.00. The molecule has 0 fully saturated rings. The highest BCUT2D eigenvalue weighted by Gasteiger charge is 2.22. The molecule has 0 saturated heterocycles. The van der Waals surface area contributed by atoms with E-state index in [-0.39, 0.29) is 0 Å². The minimum absolute atomic E-state index is 0.534. The molecule has 0 heteroatoms. The van der Waals surface area contributed by atoms with Crippen LogP contribution in [0.2, 0.25) is 0 Å². The summed E-state index contributed by atoms with van der Waals surface area (Å²) < 4.78 is 0. The molecule has 0 aliphatic heterocycles. The van der Waals surface area contributed by atoms with Crippen LogP contribution in [-0.2, 0) is 0 Å². The van der Waals surface area contributed by atoms with Crippen molar-refractivity contribution >= 4 is 0 Å². The Balaban J connectivity index is 4.10. The van der Waals surface area contributed by atoms with Gasteiger partial charge < -0.3 is 0 Å². The Kier molecular flexibility index (Phi) is 10.7. The number of hydrogen-bond donors (Lipinski definition) is 0. The van der Waals surface area contributed by atoms with E-state index >= 15 is 0 Å². The van der Waals surface area contributed by atoms with Gasteiger partial charge in [-0.25, -0.2) is 0 Å². The molecule has 0 aliphatic rings. The lowest BCUT2D eigenvalue weighted by molar-refractivity contribution is 0.221. The van der Waals surface area contributed by atoms with Crippen LogP contribution in [0.3, 0.4) is 0 Å². The number of hydrogen-bond acceptors (Lipinski definition) is 0. The SMILES string of the molecule is CCC(C)CCC(C)C(C)CCC(CC)CC(C)(C)CC. The van der Waals surface area contributed by atoms with Gasteiger partial charge in [-0.15, -0.1) is 0 Å². The fourth-order valence-electron chi connectivity index (χ4n) is 3.20. The predicted octanol–water partition coefficient (Wildman–Crippen LogP) is 7.72. The van der Waals surface area contributed by atoms with Gasteiger partial charge in [0.25, 0.3) is 0 Å². The smallest absolute Gasteiger partial charge is 0.0354 e. The third-order valence-electron chi connectivity index (χ3n) is 6.19. The molecule has 0 amide bonds. The van der Waals surface area contributed by atoms with Gasteiger partial charge in [-0.1, -0.05) is 100 Å². The topological polar surface area (TPSA) is 0 Å². The zero-order valence-corrected chi connectivity index (χ0v) is 16.5. The molecule has 0 aliphatic carbocycles. The normalized spacial score (nSPS) is 18.3. The van der Waals surface area contributed by atoms with Crippen molar-refractivity contribution < 1.29 is 0 Å². The van der Waals surface area contributed by atoms with Crippen molar-refractivity contribution in [3.05, 3.63) is 0 Å². The standard InChI is InChI=1S/C21H44/c1-9-17(4)12-13-18(5)19(6)14-15-20(10-2)16-21(7,8)11-3/h17-20H,9-16H2,1-8H3. The van der Waals surface area contributed by atoms with Crippen LogP contribution in [0.15, 0.2) is 0 Å². The highest BCUT2D eigenvalue weighted by atomic mass is 14.3. The van der Waals surface area contributed by atoms with Crippen LogP contribution >= 0.6 is 0 Å². The van der Waals surface area contributed by atoms with Crippen LogP contribution in [0.1, 0.15) is 107 Å². The summed E-state index contributed by atoms with van der Waals surface area (Å²) in [5, 5.41) is 0. The zero-order valence-electron chi connectivity index (χ0n) is 16.5. The molecule has 4 unspecified atom stereocenters. The van der Waals surface area contributed by atoms with Gasteiger partial charge in [-0.05, 0) is 35.5 Å². The molecular weight excluding hydrogens is 252 g/mol. The molecule has 0 bridgehead atoms. The van der Waals surface area contributed by atoms with Crippen LogP contribution in [0, 0.1) is 29.1 Å². The van der Waals surface area contributed by atoms with E-state index < -0.39 is 0 Å². The summed E-state index contributed by atoms with van der Waals surface area (Å²) in [7, 11) is 0. The maximum absolute atomic E-state index is 2.49. The van der Waals surface area contributed by atoms with Crippen molar-refractivity contribution in [1.29, 1.82) is 0 Å². The first-order valence-corrected chi connectivity index (χ1v) is 9.75. The quantitative estimate of drug-likeness (QED) is 0.346. The van der Waals surface area contributed by atoms with E-state index in [2.05, 4.69) is 55.4 Å². The van der Waals surface area contributed by atoms with E-state index in [1.807, 2.05) is 0 Å². The summed E-state index contributed by atoms with van der Waals surface area (Å²) in [6.45, 7) is 19.3. The van der Waals surface area contributed by atoms with E-state index in [9.17, 15) is 0 Å². The van der Waals surface area contributed by atoms with Gasteiger partial charge in [0.15, 0.2) is 0 Å². The third-order valence-corrected chi connectivity index (χ3v) is 6.19. The Bertz CT molecular complexity index is 240. The van der Waals surface area contributed by atoms with Gasteiger partial charge >= 0.3 is 0 Å². The fourth-order valence-corrected chi connectivity index (χ4v) is 3.20. The molecule has 128 valence electrons. The Morgan fingerprint density at radius 1 is 0.714 bits per heavy atom. The van der Waals surface area contributed by atoms with E-state index in [1.54, 1.807) is 0 Å². The molecular formula is C21H44. The largest absolute Gasteiger partial charge is 0.0651 e. The molecule has 4 atom stereocenters. The summed E-state index contributed by atoms with van der Waals surface area (Å²) >= 11 is 0. The van der Waals surface area contributed by atoms with Gasteiger partial charge in [0.2, 0.25) is 0 Å². The van der Waals surface area contributed by atoms with Crippen LogP contribution < -0.4 is 0 Å². The van der Waals surface area contributed by atoms with Crippen molar-refractivity contribution in [3.8, 4) is 0 Å². The summed E-state index contributed by atoms with van der Waals surface area (Å²) in [5.74, 6) is 3.64. The maximum Gasteiger partial charge on any atom is -0.0354 e. The Labute approximate surface area is 136 Å². The van der Waals surface area contributed by atoms with Crippen molar-refractivity contribution in [3.63, 3.8) is 0 Å². The van der Waals surface area contributed by atoms with Crippen LogP contribution in [0.25, 0.3) is 0 Å². The average molecular weight is 297 g/mol. The minimum Gasteiger partial charge on any atom is -0.0651 e. The van der Waals surface area contributed by atoms with Gasteiger partial charge in [0.1, 0.15) is 0 Å². The van der Waals surface area contributed by atoms with Crippen molar-refractivity contribution in [2.24, 2.45) is 29.1 Å². The van der Waals surface area contributed by atoms with Gasteiger partial charge in [0.05, 0.1) is 0 Å². The molecule has 0 saturated carbocycles. The second-order valence-electron chi connectivity index (χ2n) is 8.62. The van der Waals surface area contributed by atoms with Gasteiger partial charge in [-0.3, -0.25) is 0 Å². The van der Waals surface area contributed by atoms with Gasteiger partial charge in [-0.2, -0.15) is 0 Å². The summed E-state index contributed by atoms with van der Waals surface area (Å²) in [5.41, 5.74) is 0.534. The molecule has 0 radical (unpaired) electrons. The molecule has 0 heterocycles. The first-order valence-electron chi connectivity index (χ1n) is 9.75. The second kappa shape index (κ2) is 10.7. The molecule has 0 rings (SSSR count). The van der Waals surface area contributed by atoms with Crippen molar-refractivity contribution in [2.75, 3.05) is 0 Å². The lowest BCUT2D eigenvalue weighted by atomic mass is 9.76. The molecule has 0 nitrogen and oxygen atoms in total. The zero-order chi connectivity index (χ0) is 16.5. The third kappa shape index (κ3) is 9.59. The lowest BCUT2D eigenvalue weighted by Crippen LogP contribution is -2.17.